The Kier molecular flexibility index (Phi) is 6.67. The number of para-hydroxylation sites is 3. The lowest BCUT2D eigenvalue weighted by Gasteiger charge is -2.17. The van der Waals surface area contributed by atoms with Gasteiger partial charge in [0.25, 0.3) is 0 Å². The van der Waals surface area contributed by atoms with Crippen molar-refractivity contribution in [2.24, 2.45) is 5.73 Å². The molecule has 0 aliphatic heterocycles. The van der Waals surface area contributed by atoms with Crippen LogP contribution in [-0.4, -0.2) is 26.2 Å². The van der Waals surface area contributed by atoms with Gasteiger partial charge in [-0.3, -0.25) is 0 Å². The van der Waals surface area contributed by atoms with Crippen molar-refractivity contribution in [3.63, 3.8) is 0 Å². The Morgan fingerprint density at radius 2 is 1.23 bits per heavy atom. The molecule has 30 heavy (non-hydrogen) atoms. The molecule has 4 N–H and O–H groups in total. The number of benzene rings is 3. The number of carbonyl (C=O) groups is 2. The predicted octanol–water partition coefficient (Wildman–Crippen LogP) is 4.21. The van der Waals surface area contributed by atoms with Crippen LogP contribution in [0.1, 0.15) is 26.3 Å². The third kappa shape index (κ3) is 4.59. The highest BCUT2D eigenvalue weighted by Crippen LogP contribution is 2.31. The van der Waals surface area contributed by atoms with E-state index in [1.807, 2.05) is 36.4 Å². The zero-order valence-corrected chi connectivity index (χ0v) is 16.8. The monoisotopic (exact) mass is 405 g/mol. The third-order valence-corrected chi connectivity index (χ3v) is 4.52. The van der Waals surface area contributed by atoms with Crippen LogP contribution in [0.5, 0.6) is 0 Å². The molecular formula is C23H23N3O4. The Balaban J connectivity index is 1.97. The maximum Gasteiger partial charge on any atom is 0.339 e. The molecule has 0 atom stereocenters. The highest BCUT2D eigenvalue weighted by atomic mass is 16.5. The van der Waals surface area contributed by atoms with E-state index in [9.17, 15) is 9.59 Å². The zero-order chi connectivity index (χ0) is 21.5. The number of hydrogen-bond acceptors (Lipinski definition) is 7. The molecule has 0 aliphatic rings. The Hall–Kier alpha value is -3.84. The van der Waals surface area contributed by atoms with Gasteiger partial charge in [0, 0.05) is 6.54 Å². The van der Waals surface area contributed by atoms with Crippen LogP contribution in [0.15, 0.2) is 66.7 Å². The van der Waals surface area contributed by atoms with Gasteiger partial charge in [-0.05, 0) is 42.0 Å². The number of anilines is 4. The molecule has 0 spiro atoms. The summed E-state index contributed by atoms with van der Waals surface area (Å²) in [7, 11) is 2.68. The number of nitrogens with two attached hydrogens (primary N) is 1. The van der Waals surface area contributed by atoms with Gasteiger partial charge in [0.1, 0.15) is 0 Å². The average Bonchev–Trinajstić information content (AvgIpc) is 2.79. The van der Waals surface area contributed by atoms with E-state index < -0.39 is 11.9 Å². The van der Waals surface area contributed by atoms with Crippen molar-refractivity contribution in [2.75, 3.05) is 24.9 Å². The van der Waals surface area contributed by atoms with Crippen LogP contribution in [0, 0.1) is 0 Å². The van der Waals surface area contributed by atoms with Crippen LogP contribution in [0.25, 0.3) is 0 Å². The second-order valence-electron chi connectivity index (χ2n) is 6.41. The summed E-state index contributed by atoms with van der Waals surface area (Å²) in [5.41, 5.74) is 9.92. The fourth-order valence-corrected chi connectivity index (χ4v) is 2.98. The SMILES string of the molecule is COC(=O)c1ccccc1Nc1ccccc1Nc1ccc(CN)cc1C(=O)OC. The summed E-state index contributed by atoms with van der Waals surface area (Å²) in [4.78, 5) is 24.3. The van der Waals surface area contributed by atoms with Crippen LogP contribution in [0.2, 0.25) is 0 Å². The topological polar surface area (TPSA) is 103 Å². The molecule has 0 unspecified atom stereocenters. The van der Waals surface area contributed by atoms with Gasteiger partial charge in [0.15, 0.2) is 0 Å². The first-order chi connectivity index (χ1) is 14.6. The van der Waals surface area contributed by atoms with Crippen molar-refractivity contribution < 1.29 is 19.1 Å². The van der Waals surface area contributed by atoms with Gasteiger partial charge >= 0.3 is 11.9 Å². The molecule has 0 fully saturated rings. The molecule has 3 aromatic carbocycles. The summed E-state index contributed by atoms with van der Waals surface area (Å²) in [6, 6.07) is 19.9. The standard InChI is InChI=1S/C23H23N3O4/c1-29-22(27)16-7-3-4-8-18(16)25-20-9-5-6-10-21(20)26-19-12-11-15(14-24)13-17(19)23(28)30-2/h3-13,25-26H,14,24H2,1-2H3. The zero-order valence-electron chi connectivity index (χ0n) is 16.8. The number of ether oxygens (including phenoxy) is 2. The molecular weight excluding hydrogens is 382 g/mol. The van der Waals surface area contributed by atoms with E-state index in [1.54, 1.807) is 30.3 Å². The normalized spacial score (nSPS) is 10.2. The van der Waals surface area contributed by atoms with Gasteiger partial charge < -0.3 is 25.8 Å². The Morgan fingerprint density at radius 3 is 1.80 bits per heavy atom. The van der Waals surface area contributed by atoms with Crippen molar-refractivity contribution in [1.82, 2.24) is 0 Å². The minimum Gasteiger partial charge on any atom is -0.465 e. The maximum atomic E-state index is 12.3. The first-order valence-electron chi connectivity index (χ1n) is 9.29. The Morgan fingerprint density at radius 1 is 0.733 bits per heavy atom. The average molecular weight is 405 g/mol. The minimum absolute atomic E-state index is 0.312. The number of esters is 2. The van der Waals surface area contributed by atoms with Crippen molar-refractivity contribution in [2.45, 2.75) is 6.54 Å². The molecule has 154 valence electrons. The van der Waals surface area contributed by atoms with E-state index in [2.05, 4.69) is 10.6 Å². The fraction of sp³-hybridized carbons (Fsp3) is 0.130. The Labute approximate surface area is 174 Å². The van der Waals surface area contributed by atoms with Crippen molar-refractivity contribution in [1.29, 1.82) is 0 Å². The lowest BCUT2D eigenvalue weighted by molar-refractivity contribution is 0.0593. The molecule has 0 amide bonds. The van der Waals surface area contributed by atoms with E-state index in [0.29, 0.717) is 40.4 Å². The van der Waals surface area contributed by atoms with Gasteiger partial charge in [-0.15, -0.1) is 0 Å². The molecule has 7 nitrogen and oxygen atoms in total. The molecule has 0 radical (unpaired) electrons. The molecule has 0 bridgehead atoms. The first-order valence-corrected chi connectivity index (χ1v) is 9.29. The number of nitrogens with one attached hydrogen (secondary N) is 2. The molecule has 0 aliphatic carbocycles. The smallest absolute Gasteiger partial charge is 0.339 e. The summed E-state index contributed by atoms with van der Waals surface area (Å²) in [6.07, 6.45) is 0. The number of methoxy groups -OCH3 is 2. The predicted molar refractivity (Wildman–Crippen MR) is 116 cm³/mol. The van der Waals surface area contributed by atoms with Crippen molar-refractivity contribution in [3.05, 3.63) is 83.4 Å². The minimum atomic E-state index is -0.464. The summed E-state index contributed by atoms with van der Waals surface area (Å²) in [6.45, 7) is 0.312. The third-order valence-electron chi connectivity index (χ3n) is 4.52. The van der Waals surface area contributed by atoms with Crippen LogP contribution < -0.4 is 16.4 Å². The number of hydrogen-bond donors (Lipinski definition) is 3. The van der Waals surface area contributed by atoms with E-state index in [0.717, 1.165) is 5.56 Å². The van der Waals surface area contributed by atoms with Crippen molar-refractivity contribution in [3.8, 4) is 0 Å². The second kappa shape index (κ2) is 9.58. The second-order valence-corrected chi connectivity index (χ2v) is 6.41. The summed E-state index contributed by atoms with van der Waals surface area (Å²) >= 11 is 0. The van der Waals surface area contributed by atoms with E-state index >= 15 is 0 Å². The molecule has 3 rings (SSSR count). The van der Waals surface area contributed by atoms with E-state index in [-0.39, 0.29) is 0 Å². The Bertz CT molecular complexity index is 1070. The van der Waals surface area contributed by atoms with Gasteiger partial charge in [-0.25, -0.2) is 9.59 Å². The number of rotatable bonds is 7. The quantitative estimate of drug-likeness (QED) is 0.506. The molecule has 0 aromatic heterocycles. The van der Waals surface area contributed by atoms with E-state index in [1.165, 1.54) is 14.2 Å². The summed E-state index contributed by atoms with van der Waals surface area (Å²) in [5.74, 6) is -0.900. The molecule has 3 aromatic rings. The maximum absolute atomic E-state index is 12.3. The summed E-state index contributed by atoms with van der Waals surface area (Å²) < 4.78 is 9.77. The lowest BCUT2D eigenvalue weighted by atomic mass is 10.1. The molecule has 7 heteroatoms. The highest BCUT2D eigenvalue weighted by molar-refractivity contribution is 5.99. The van der Waals surface area contributed by atoms with Gasteiger partial charge in [-0.2, -0.15) is 0 Å². The van der Waals surface area contributed by atoms with Crippen LogP contribution in [0.3, 0.4) is 0 Å². The largest absolute Gasteiger partial charge is 0.465 e. The lowest BCUT2D eigenvalue weighted by Crippen LogP contribution is -2.09. The van der Waals surface area contributed by atoms with Gasteiger partial charge in [-0.1, -0.05) is 30.3 Å². The number of carbonyl (C=O) groups excluding carboxylic acids is 2. The van der Waals surface area contributed by atoms with Crippen molar-refractivity contribution >= 4 is 34.7 Å². The van der Waals surface area contributed by atoms with Crippen LogP contribution in [-0.2, 0) is 16.0 Å². The molecule has 0 saturated heterocycles. The van der Waals surface area contributed by atoms with Crippen LogP contribution in [0.4, 0.5) is 22.7 Å². The van der Waals surface area contributed by atoms with Gasteiger partial charge in [0.05, 0.1) is 48.1 Å². The van der Waals surface area contributed by atoms with Crippen LogP contribution >= 0.6 is 0 Å². The fourth-order valence-electron chi connectivity index (χ4n) is 2.98. The van der Waals surface area contributed by atoms with E-state index in [4.69, 9.17) is 15.2 Å². The first kappa shape index (κ1) is 20.9. The highest BCUT2D eigenvalue weighted by Gasteiger charge is 2.15. The van der Waals surface area contributed by atoms with Gasteiger partial charge in [0.2, 0.25) is 0 Å². The molecule has 0 saturated carbocycles. The summed E-state index contributed by atoms with van der Waals surface area (Å²) in [5, 5.41) is 6.53. The molecule has 0 heterocycles.